The summed E-state index contributed by atoms with van der Waals surface area (Å²) in [4.78, 5) is 14.0. The molecule has 6 heteroatoms. The predicted octanol–water partition coefficient (Wildman–Crippen LogP) is 2.13. The topological polar surface area (TPSA) is 73.8 Å². The van der Waals surface area contributed by atoms with Gasteiger partial charge < -0.3 is 15.0 Å². The summed E-state index contributed by atoms with van der Waals surface area (Å²) in [6, 6.07) is 11.7. The summed E-state index contributed by atoms with van der Waals surface area (Å²) in [7, 11) is 0. The van der Waals surface area contributed by atoms with Crippen LogP contribution in [0.5, 0.6) is 5.75 Å². The molecule has 0 bridgehead atoms. The molecule has 2 aliphatic rings. The summed E-state index contributed by atoms with van der Waals surface area (Å²) in [6.07, 6.45) is 0. The van der Waals surface area contributed by atoms with Crippen molar-refractivity contribution in [3.63, 3.8) is 0 Å². The summed E-state index contributed by atoms with van der Waals surface area (Å²) < 4.78 is 5.61. The third-order valence-corrected chi connectivity index (χ3v) is 4.33. The number of hydroxylamine groups is 1. The van der Waals surface area contributed by atoms with Crippen molar-refractivity contribution >= 4 is 17.3 Å². The predicted molar refractivity (Wildman–Crippen MR) is 86.0 cm³/mol. The van der Waals surface area contributed by atoms with Crippen LogP contribution in [-0.2, 0) is 13.1 Å². The van der Waals surface area contributed by atoms with Crippen molar-refractivity contribution in [2.45, 2.75) is 13.1 Å². The second-order valence-electron chi connectivity index (χ2n) is 5.70. The van der Waals surface area contributed by atoms with Gasteiger partial charge in [0.05, 0.1) is 5.69 Å². The number of benzene rings is 2. The molecule has 2 aromatic carbocycles. The number of fused-ring (bicyclic) bond motifs is 2. The Morgan fingerprint density at radius 1 is 1.26 bits per heavy atom. The van der Waals surface area contributed by atoms with Crippen molar-refractivity contribution in [3.8, 4) is 5.75 Å². The summed E-state index contributed by atoms with van der Waals surface area (Å²) in [5.41, 5.74) is 6.38. The van der Waals surface area contributed by atoms with Crippen molar-refractivity contribution < 1.29 is 14.7 Å². The van der Waals surface area contributed by atoms with Crippen molar-refractivity contribution in [2.24, 2.45) is 0 Å². The molecule has 0 fully saturated rings. The van der Waals surface area contributed by atoms with Crippen LogP contribution in [0.1, 0.15) is 21.5 Å². The van der Waals surface area contributed by atoms with Crippen LogP contribution in [0.3, 0.4) is 0 Å². The quantitative estimate of drug-likeness (QED) is 0.585. The molecule has 2 heterocycles. The van der Waals surface area contributed by atoms with Gasteiger partial charge in [-0.15, -0.1) is 0 Å². The molecule has 1 amide bonds. The number of anilines is 2. The van der Waals surface area contributed by atoms with E-state index in [-0.39, 0.29) is 0 Å². The van der Waals surface area contributed by atoms with E-state index < -0.39 is 5.91 Å². The molecule has 0 saturated carbocycles. The number of ether oxygens (including phenoxy) is 1. The summed E-state index contributed by atoms with van der Waals surface area (Å²) in [5.74, 6) is 0.404. The monoisotopic (exact) mass is 311 g/mol. The fraction of sp³-hybridized carbons (Fsp3) is 0.235. The van der Waals surface area contributed by atoms with E-state index in [9.17, 15) is 4.79 Å². The number of carbonyl (C=O) groups is 1. The molecule has 6 nitrogen and oxygen atoms in total. The third-order valence-electron chi connectivity index (χ3n) is 4.33. The van der Waals surface area contributed by atoms with Crippen LogP contribution in [-0.4, -0.2) is 24.3 Å². The summed E-state index contributed by atoms with van der Waals surface area (Å²) >= 11 is 0. The van der Waals surface area contributed by atoms with E-state index in [1.807, 2.05) is 24.3 Å². The van der Waals surface area contributed by atoms with Gasteiger partial charge in [0.1, 0.15) is 12.4 Å². The fourth-order valence-corrected chi connectivity index (χ4v) is 3.20. The number of hydrogen-bond acceptors (Lipinski definition) is 5. The lowest BCUT2D eigenvalue weighted by Gasteiger charge is -2.23. The third kappa shape index (κ3) is 2.37. The van der Waals surface area contributed by atoms with Crippen molar-refractivity contribution in [1.82, 2.24) is 5.48 Å². The molecule has 0 aliphatic carbocycles. The first-order valence-corrected chi connectivity index (χ1v) is 7.57. The van der Waals surface area contributed by atoms with Gasteiger partial charge in [-0.25, -0.2) is 5.48 Å². The molecule has 2 aliphatic heterocycles. The maximum absolute atomic E-state index is 11.8. The van der Waals surface area contributed by atoms with Gasteiger partial charge in [0.15, 0.2) is 0 Å². The number of hydrogen-bond donors (Lipinski definition) is 3. The Kier molecular flexibility index (Phi) is 3.31. The zero-order valence-electron chi connectivity index (χ0n) is 12.5. The van der Waals surface area contributed by atoms with E-state index in [2.05, 4.69) is 16.3 Å². The first-order chi connectivity index (χ1) is 11.3. The van der Waals surface area contributed by atoms with Crippen LogP contribution in [0.25, 0.3) is 0 Å². The number of amides is 1. The van der Waals surface area contributed by atoms with Gasteiger partial charge in [0.2, 0.25) is 0 Å². The Bertz CT molecular complexity index is 776. The molecule has 118 valence electrons. The highest BCUT2D eigenvalue weighted by Crippen LogP contribution is 2.35. The molecule has 0 aromatic heterocycles. The molecule has 0 saturated heterocycles. The molecule has 0 atom stereocenters. The molecule has 4 rings (SSSR count). The van der Waals surface area contributed by atoms with Crippen LogP contribution in [0.2, 0.25) is 0 Å². The number of carbonyl (C=O) groups excluding carboxylic acids is 1. The zero-order valence-corrected chi connectivity index (χ0v) is 12.5. The number of rotatable bonds is 2. The lowest BCUT2D eigenvalue weighted by molar-refractivity contribution is 0.0705. The van der Waals surface area contributed by atoms with Gasteiger partial charge in [0, 0.05) is 30.9 Å². The van der Waals surface area contributed by atoms with Crippen molar-refractivity contribution in [1.29, 1.82) is 0 Å². The maximum atomic E-state index is 11.8. The largest absolute Gasteiger partial charge is 0.490 e. The van der Waals surface area contributed by atoms with Crippen LogP contribution < -0.4 is 20.4 Å². The van der Waals surface area contributed by atoms with Crippen LogP contribution >= 0.6 is 0 Å². The molecule has 0 radical (unpaired) electrons. The van der Waals surface area contributed by atoms with E-state index in [0.29, 0.717) is 18.7 Å². The Labute approximate surface area is 133 Å². The highest BCUT2D eigenvalue weighted by Gasteiger charge is 2.25. The van der Waals surface area contributed by atoms with Gasteiger partial charge in [-0.05, 0) is 35.4 Å². The van der Waals surface area contributed by atoms with E-state index in [1.54, 1.807) is 11.5 Å². The zero-order chi connectivity index (χ0) is 15.8. The molecule has 3 N–H and O–H groups in total. The lowest BCUT2D eigenvalue weighted by atomic mass is 10.0. The summed E-state index contributed by atoms with van der Waals surface area (Å²) in [6.45, 7) is 2.86. The van der Waals surface area contributed by atoms with Gasteiger partial charge in [0.25, 0.3) is 5.91 Å². The highest BCUT2D eigenvalue weighted by atomic mass is 16.5. The molecular formula is C17H17N3O3. The second kappa shape index (κ2) is 5.48. The Hall–Kier alpha value is -2.73. The lowest BCUT2D eigenvalue weighted by Crippen LogP contribution is -2.21. The minimum absolute atomic E-state index is 0.468. The molecule has 2 aromatic rings. The first kappa shape index (κ1) is 13.9. The Balaban J connectivity index is 1.64. The van der Waals surface area contributed by atoms with Crippen molar-refractivity contribution in [3.05, 3.63) is 53.1 Å². The minimum Gasteiger partial charge on any atom is -0.490 e. The Morgan fingerprint density at radius 2 is 2.17 bits per heavy atom. The fourth-order valence-electron chi connectivity index (χ4n) is 3.20. The van der Waals surface area contributed by atoms with Gasteiger partial charge in [-0.3, -0.25) is 10.0 Å². The van der Waals surface area contributed by atoms with Crippen LogP contribution in [0.15, 0.2) is 36.4 Å². The number of nitrogens with one attached hydrogen (secondary N) is 2. The smallest absolute Gasteiger partial charge is 0.274 e. The van der Waals surface area contributed by atoms with E-state index in [0.717, 1.165) is 41.3 Å². The minimum atomic E-state index is -0.468. The maximum Gasteiger partial charge on any atom is 0.274 e. The Morgan fingerprint density at radius 3 is 3.04 bits per heavy atom. The van der Waals surface area contributed by atoms with E-state index >= 15 is 0 Å². The highest BCUT2D eigenvalue weighted by molar-refractivity contribution is 5.95. The van der Waals surface area contributed by atoms with Gasteiger partial charge >= 0.3 is 0 Å². The standard InChI is InChI=1S/C17H17N3O3/c21-17(19-22)13-3-1-2-11-9-20(10-14(11)13)12-4-5-16-15(8-12)18-6-7-23-16/h1-5,8,18,22H,6-7,9-10H2,(H,19,21). The summed E-state index contributed by atoms with van der Waals surface area (Å²) in [5, 5.41) is 12.2. The molecule has 0 unspecified atom stereocenters. The molecule has 0 spiro atoms. The average molecular weight is 311 g/mol. The molecular weight excluding hydrogens is 294 g/mol. The van der Waals surface area contributed by atoms with Crippen LogP contribution in [0.4, 0.5) is 11.4 Å². The van der Waals surface area contributed by atoms with Gasteiger partial charge in [-0.2, -0.15) is 0 Å². The first-order valence-electron chi connectivity index (χ1n) is 7.57. The molecule has 23 heavy (non-hydrogen) atoms. The van der Waals surface area contributed by atoms with E-state index in [4.69, 9.17) is 9.94 Å². The van der Waals surface area contributed by atoms with Crippen LogP contribution in [0, 0.1) is 0 Å². The second-order valence-corrected chi connectivity index (χ2v) is 5.70. The average Bonchev–Trinajstić information content (AvgIpc) is 3.04. The SMILES string of the molecule is O=C(NO)c1cccc2c1CN(c1ccc3c(c1)NCCO3)C2. The normalized spacial score (nSPS) is 15.3. The van der Waals surface area contributed by atoms with Crippen molar-refractivity contribution in [2.75, 3.05) is 23.4 Å². The van der Waals surface area contributed by atoms with E-state index in [1.165, 1.54) is 0 Å². The number of nitrogens with zero attached hydrogens (tertiary/aromatic N) is 1. The van der Waals surface area contributed by atoms with Gasteiger partial charge in [-0.1, -0.05) is 12.1 Å².